The Bertz CT molecular complexity index is 1520. The quantitative estimate of drug-likeness (QED) is 0.0937. The van der Waals surface area contributed by atoms with Gasteiger partial charge in [-0.2, -0.15) is 8.62 Å². The predicted octanol–water partition coefficient (Wildman–Crippen LogP) is -4.13. The van der Waals surface area contributed by atoms with Crippen LogP contribution in [0.3, 0.4) is 0 Å². The third-order valence-corrected chi connectivity index (χ3v) is 10.4. The van der Waals surface area contributed by atoms with E-state index in [1.54, 1.807) is 0 Å². The molecule has 3 aliphatic heterocycles. The number of nitrogens with zero attached hydrogens (tertiary/aromatic N) is 2. The number of aromatic nitrogens is 2. The van der Waals surface area contributed by atoms with Gasteiger partial charge in [0, 0.05) is 24.5 Å². The molecule has 4 heterocycles. The summed E-state index contributed by atoms with van der Waals surface area (Å²) in [6.07, 6.45) is -9.64. The van der Waals surface area contributed by atoms with Crippen molar-refractivity contribution < 1.29 is 80.7 Å². The molecule has 2 saturated heterocycles. The topological polar surface area (TPSA) is 335 Å². The van der Waals surface area contributed by atoms with E-state index >= 15 is 0 Å². The third kappa shape index (κ3) is 8.36. The van der Waals surface area contributed by atoms with Crippen molar-refractivity contribution in [1.82, 2.24) is 19.8 Å². The van der Waals surface area contributed by atoms with E-state index in [9.17, 15) is 63.2 Å². The number of H-pyrrole nitrogens is 1. The largest absolute Gasteiger partial charge is 0.490 e. The number of phosphoric ester groups is 2. The number of phosphoric acid groups is 3. The molecule has 0 radical (unpaired) electrons. The van der Waals surface area contributed by atoms with Gasteiger partial charge in [0.25, 0.3) is 5.56 Å². The summed E-state index contributed by atoms with van der Waals surface area (Å²) in [6, 6.07) is 0.907. The predicted molar refractivity (Wildman–Crippen MR) is 135 cm³/mol. The van der Waals surface area contributed by atoms with Gasteiger partial charge in [-0.15, -0.1) is 0 Å². The summed E-state index contributed by atoms with van der Waals surface area (Å²) in [4.78, 5) is 67.0. The van der Waals surface area contributed by atoms with Crippen molar-refractivity contribution in [2.24, 2.45) is 0 Å². The van der Waals surface area contributed by atoms with Gasteiger partial charge in [0.15, 0.2) is 12.5 Å². The van der Waals surface area contributed by atoms with Crippen molar-refractivity contribution in [3.8, 4) is 0 Å². The van der Waals surface area contributed by atoms with Gasteiger partial charge in [0.1, 0.15) is 36.6 Å². The second kappa shape index (κ2) is 13.3. The molecule has 3 aliphatic rings. The second-order valence-electron chi connectivity index (χ2n) is 9.30. The van der Waals surface area contributed by atoms with E-state index in [0.29, 0.717) is 4.57 Å². The smallest absolute Gasteiger partial charge is 0.387 e. The van der Waals surface area contributed by atoms with Crippen LogP contribution in [0.25, 0.3) is 0 Å². The number of nitrogens with one attached hydrogen (secondary N) is 2. The molecule has 2 fully saturated rings. The van der Waals surface area contributed by atoms with E-state index in [1.807, 2.05) is 4.98 Å². The van der Waals surface area contributed by atoms with Gasteiger partial charge in [0.05, 0.1) is 19.9 Å². The normalized spacial score (nSPS) is 34.7. The Labute approximate surface area is 244 Å². The van der Waals surface area contributed by atoms with Crippen LogP contribution >= 0.6 is 23.5 Å². The SMILES string of the molecule is O=C1C=CN([C@@H]2O[C@H](COP(=O)(O)OP(=O)(O)OP(=O)(O)OC[C@H]3O[C@H](n4ccc(=O)[nH]c4=O)[C@H](O)[C@@H]3O)[C@@H](O)[C@H]2O)CN1. The fourth-order valence-electron chi connectivity index (χ4n) is 4.14. The van der Waals surface area contributed by atoms with Crippen molar-refractivity contribution in [1.29, 1.82) is 0 Å². The van der Waals surface area contributed by atoms with Crippen LogP contribution in [0.1, 0.15) is 6.23 Å². The maximum Gasteiger partial charge on any atom is 0.490 e. The van der Waals surface area contributed by atoms with Gasteiger partial charge in [-0.1, -0.05) is 0 Å². The molecule has 11 atom stereocenters. The monoisotopic (exact) mass is 696 g/mol. The number of carbonyl (C=O) groups is 1. The standard InChI is InChI=1S/C18H27N4O19P3/c23-10-1-3-21(7-19-10)16-14(27)12(25)8(38-16)5-36-42(30,31)40-44(34,35)41-43(32,33)37-6-9-13(26)15(28)17(39-9)22-4-2-11(24)20-18(22)29/h1-4,8-9,12-17,25-28H,5-7H2,(H,19,23)(H,30,31)(H,32,33)(H,34,35)(H,20,24,29)/t8-,9-,12-,13-,14-,15-,16-,17+/m1/s1. The Kier molecular flexibility index (Phi) is 10.5. The minimum atomic E-state index is -5.94. The zero-order valence-corrected chi connectivity index (χ0v) is 24.5. The van der Waals surface area contributed by atoms with Gasteiger partial charge in [-0.25, -0.2) is 18.5 Å². The molecule has 1 aromatic heterocycles. The van der Waals surface area contributed by atoms with Crippen molar-refractivity contribution in [2.45, 2.75) is 49.1 Å². The van der Waals surface area contributed by atoms with Crippen LogP contribution in [0.4, 0.5) is 0 Å². The molecule has 26 heteroatoms. The number of aliphatic hydroxyl groups is 4. The summed E-state index contributed by atoms with van der Waals surface area (Å²) in [7, 11) is -17.2. The number of hydrogen-bond acceptors (Lipinski definition) is 17. The van der Waals surface area contributed by atoms with E-state index in [4.69, 9.17) is 9.47 Å². The number of carbonyl (C=O) groups excluding carboxylic acids is 1. The van der Waals surface area contributed by atoms with Crippen LogP contribution in [0.15, 0.2) is 34.1 Å². The molecule has 0 spiro atoms. The van der Waals surface area contributed by atoms with Crippen LogP contribution in [0, 0.1) is 0 Å². The van der Waals surface area contributed by atoms with E-state index in [-0.39, 0.29) is 6.67 Å². The summed E-state index contributed by atoms with van der Waals surface area (Å²) >= 11 is 0. The Morgan fingerprint density at radius 1 is 0.818 bits per heavy atom. The van der Waals surface area contributed by atoms with Crippen molar-refractivity contribution >= 4 is 29.4 Å². The molecule has 0 bridgehead atoms. The molecule has 0 aliphatic carbocycles. The van der Waals surface area contributed by atoms with E-state index in [0.717, 1.165) is 18.3 Å². The lowest BCUT2D eigenvalue weighted by Crippen LogP contribution is -2.48. The molecule has 4 rings (SSSR count). The average molecular weight is 696 g/mol. The summed E-state index contributed by atoms with van der Waals surface area (Å²) < 4.78 is 64.8. The Hall–Kier alpha value is -2.14. The highest BCUT2D eigenvalue weighted by atomic mass is 31.3. The molecule has 0 aromatic carbocycles. The van der Waals surface area contributed by atoms with E-state index in [2.05, 4.69) is 23.0 Å². The minimum absolute atomic E-state index is 0.116. The van der Waals surface area contributed by atoms with Gasteiger partial charge >= 0.3 is 29.2 Å². The molecule has 44 heavy (non-hydrogen) atoms. The lowest BCUT2D eigenvalue weighted by molar-refractivity contribution is -0.121. The number of hydrogen-bond donors (Lipinski definition) is 9. The highest BCUT2D eigenvalue weighted by molar-refractivity contribution is 7.66. The van der Waals surface area contributed by atoms with Crippen molar-refractivity contribution in [3.05, 3.63) is 45.4 Å². The zero-order chi connectivity index (χ0) is 32.6. The van der Waals surface area contributed by atoms with Crippen LogP contribution in [-0.2, 0) is 45.6 Å². The van der Waals surface area contributed by atoms with Gasteiger partial charge < -0.3 is 54.8 Å². The van der Waals surface area contributed by atoms with Crippen LogP contribution in [0.2, 0.25) is 0 Å². The third-order valence-electron chi connectivity index (χ3n) is 6.20. The van der Waals surface area contributed by atoms with Gasteiger partial charge in [-0.3, -0.25) is 28.2 Å². The molecule has 248 valence electrons. The molecule has 0 saturated carbocycles. The first-order valence-electron chi connectivity index (χ1n) is 12.1. The molecule has 1 amide bonds. The summed E-state index contributed by atoms with van der Waals surface area (Å²) in [6.45, 7) is -2.24. The number of ether oxygens (including phenoxy) is 2. The number of rotatable bonds is 12. The minimum Gasteiger partial charge on any atom is -0.387 e. The van der Waals surface area contributed by atoms with Crippen molar-refractivity contribution in [2.75, 3.05) is 19.9 Å². The molecule has 9 N–H and O–H groups in total. The van der Waals surface area contributed by atoms with Crippen LogP contribution in [-0.4, -0.2) is 118 Å². The number of aliphatic hydroxyl groups excluding tert-OH is 4. The fourth-order valence-corrected chi connectivity index (χ4v) is 7.66. The first-order valence-corrected chi connectivity index (χ1v) is 16.6. The first kappa shape index (κ1) is 34.7. The lowest BCUT2D eigenvalue weighted by atomic mass is 10.1. The van der Waals surface area contributed by atoms with Gasteiger partial charge in [0.2, 0.25) is 5.91 Å². The summed E-state index contributed by atoms with van der Waals surface area (Å²) in [5, 5.41) is 43.2. The fraction of sp³-hybridized carbons (Fsp3) is 0.611. The molecule has 3 unspecified atom stereocenters. The lowest BCUT2D eigenvalue weighted by Gasteiger charge is -2.31. The molecular formula is C18H27N4O19P3. The molecule has 1 aromatic rings. The van der Waals surface area contributed by atoms with Crippen molar-refractivity contribution in [3.63, 3.8) is 0 Å². The maximum absolute atomic E-state index is 12.2. The maximum atomic E-state index is 12.2. The summed E-state index contributed by atoms with van der Waals surface area (Å²) in [5.74, 6) is -0.432. The molecular weight excluding hydrogens is 669 g/mol. The van der Waals surface area contributed by atoms with Gasteiger partial charge in [-0.05, 0) is 0 Å². The highest BCUT2D eigenvalue weighted by Crippen LogP contribution is 2.67. The van der Waals surface area contributed by atoms with E-state index in [1.165, 1.54) is 11.1 Å². The first-order chi connectivity index (χ1) is 20.4. The zero-order valence-electron chi connectivity index (χ0n) is 21.8. The Morgan fingerprint density at radius 2 is 1.34 bits per heavy atom. The molecule has 23 nitrogen and oxygen atoms in total. The van der Waals surface area contributed by atoms with Crippen LogP contribution < -0.4 is 16.6 Å². The van der Waals surface area contributed by atoms with E-state index < -0.39 is 103 Å². The number of aromatic amines is 1. The Balaban J connectivity index is 1.29. The second-order valence-corrected chi connectivity index (χ2v) is 13.9. The number of amides is 1. The average Bonchev–Trinajstić information content (AvgIpc) is 3.35. The van der Waals surface area contributed by atoms with Crippen LogP contribution in [0.5, 0.6) is 0 Å². The highest BCUT2D eigenvalue weighted by Gasteiger charge is 2.49. The summed E-state index contributed by atoms with van der Waals surface area (Å²) in [5.41, 5.74) is -1.80. The Morgan fingerprint density at radius 3 is 1.84 bits per heavy atom.